The predicted molar refractivity (Wildman–Crippen MR) is 70.5 cm³/mol. The number of fused-ring (bicyclic) bond motifs is 1. The number of hydrogen-bond acceptors (Lipinski definition) is 3. The highest BCUT2D eigenvalue weighted by molar-refractivity contribution is 6.34. The van der Waals surface area contributed by atoms with Crippen LogP contribution in [0.15, 0.2) is 24.3 Å². The molecule has 3 nitrogen and oxygen atoms in total. The highest BCUT2D eigenvalue weighted by Gasteiger charge is 2.24. The van der Waals surface area contributed by atoms with Gasteiger partial charge in [-0.15, -0.1) is 10.2 Å². The Kier molecular flexibility index (Phi) is 2.63. The Hall–Kier alpha value is -1.35. The largest absolute Gasteiger partial charge is 0.357 e. The zero-order valence-corrected chi connectivity index (χ0v) is 10.5. The Morgan fingerprint density at radius 3 is 2.65 bits per heavy atom. The molecule has 1 aromatic carbocycles. The molecular weight excluding hydrogens is 234 g/mol. The Labute approximate surface area is 105 Å². The van der Waals surface area contributed by atoms with Crippen molar-refractivity contribution >= 4 is 28.2 Å². The molecule has 0 spiro atoms. The lowest BCUT2D eigenvalue weighted by molar-refractivity contribution is 0.772. The van der Waals surface area contributed by atoms with Gasteiger partial charge in [0, 0.05) is 24.4 Å². The smallest absolute Gasteiger partial charge is 0.159 e. The van der Waals surface area contributed by atoms with Crippen molar-refractivity contribution in [2.24, 2.45) is 5.92 Å². The highest BCUT2D eigenvalue weighted by atomic mass is 35.5. The summed E-state index contributed by atoms with van der Waals surface area (Å²) < 4.78 is 0. The summed E-state index contributed by atoms with van der Waals surface area (Å²) in [4.78, 5) is 2.18. The van der Waals surface area contributed by atoms with Gasteiger partial charge in [0.1, 0.15) is 0 Å². The summed E-state index contributed by atoms with van der Waals surface area (Å²) in [5, 5.41) is 10.8. The number of halogens is 1. The molecule has 1 aromatic heterocycles. The second-order valence-electron chi connectivity index (χ2n) is 4.68. The van der Waals surface area contributed by atoms with Crippen molar-refractivity contribution in [3.63, 3.8) is 0 Å². The molecular formula is C13H14ClN3. The highest BCUT2D eigenvalue weighted by Crippen LogP contribution is 2.33. The quantitative estimate of drug-likeness (QED) is 0.835. The van der Waals surface area contributed by atoms with Crippen molar-refractivity contribution in [1.29, 1.82) is 0 Å². The van der Waals surface area contributed by atoms with E-state index < -0.39 is 0 Å². The lowest BCUT2D eigenvalue weighted by Crippen LogP contribution is -2.21. The second-order valence-corrected chi connectivity index (χ2v) is 5.04. The maximum atomic E-state index is 6.06. The third-order valence-electron chi connectivity index (χ3n) is 3.21. The Morgan fingerprint density at radius 1 is 1.24 bits per heavy atom. The van der Waals surface area contributed by atoms with E-state index >= 15 is 0 Å². The molecule has 0 saturated heterocycles. The molecule has 4 heteroatoms. The molecule has 17 heavy (non-hydrogen) atoms. The lowest BCUT2D eigenvalue weighted by Gasteiger charge is -2.19. The van der Waals surface area contributed by atoms with Gasteiger partial charge in [-0.2, -0.15) is 0 Å². The average Bonchev–Trinajstić information content (AvgIpc) is 3.14. The van der Waals surface area contributed by atoms with Crippen LogP contribution in [-0.4, -0.2) is 23.8 Å². The fourth-order valence-electron chi connectivity index (χ4n) is 2.11. The number of hydrogen-bond donors (Lipinski definition) is 0. The first-order chi connectivity index (χ1) is 8.25. The minimum absolute atomic E-state index is 0.476. The Morgan fingerprint density at radius 2 is 1.94 bits per heavy atom. The molecule has 1 heterocycles. The third kappa shape index (κ3) is 2.07. The minimum atomic E-state index is 0.476. The molecule has 0 aliphatic heterocycles. The maximum Gasteiger partial charge on any atom is 0.159 e. The van der Waals surface area contributed by atoms with Crippen LogP contribution >= 0.6 is 11.6 Å². The van der Waals surface area contributed by atoms with E-state index in [0.717, 1.165) is 29.1 Å². The van der Waals surface area contributed by atoms with Gasteiger partial charge in [0.05, 0.1) is 0 Å². The zero-order chi connectivity index (χ0) is 11.8. The molecule has 2 aromatic rings. The number of benzene rings is 1. The molecule has 3 rings (SSSR count). The first kappa shape index (κ1) is 10.8. The van der Waals surface area contributed by atoms with Crippen LogP contribution in [0, 0.1) is 5.92 Å². The third-order valence-corrected chi connectivity index (χ3v) is 3.49. The van der Waals surface area contributed by atoms with Crippen LogP contribution in [0.4, 0.5) is 5.82 Å². The normalized spacial score (nSPS) is 15.2. The predicted octanol–water partition coefficient (Wildman–Crippen LogP) is 3.13. The monoisotopic (exact) mass is 247 g/mol. The van der Waals surface area contributed by atoms with Crippen LogP contribution in [0.2, 0.25) is 5.15 Å². The molecule has 0 radical (unpaired) electrons. The first-order valence-electron chi connectivity index (χ1n) is 5.88. The van der Waals surface area contributed by atoms with E-state index in [1.807, 2.05) is 18.2 Å². The topological polar surface area (TPSA) is 29.0 Å². The van der Waals surface area contributed by atoms with E-state index in [2.05, 4.69) is 28.2 Å². The fourth-order valence-corrected chi connectivity index (χ4v) is 2.32. The Balaban J connectivity index is 2.05. The van der Waals surface area contributed by atoms with Gasteiger partial charge in [0.15, 0.2) is 11.0 Å². The van der Waals surface area contributed by atoms with Gasteiger partial charge in [-0.1, -0.05) is 35.9 Å². The molecule has 1 fully saturated rings. The maximum absolute atomic E-state index is 6.06. The number of aromatic nitrogens is 2. The molecule has 0 amide bonds. The summed E-state index contributed by atoms with van der Waals surface area (Å²) in [6.07, 6.45) is 2.67. The SMILES string of the molecule is CN(CC1CC1)c1nnc(Cl)c2ccccc12. The van der Waals surface area contributed by atoms with E-state index in [1.165, 1.54) is 12.8 Å². The number of rotatable bonds is 3. The molecule has 0 bridgehead atoms. The van der Waals surface area contributed by atoms with Gasteiger partial charge >= 0.3 is 0 Å². The van der Waals surface area contributed by atoms with Crippen LogP contribution in [0.1, 0.15) is 12.8 Å². The molecule has 1 aliphatic carbocycles. The standard InChI is InChI=1S/C13H14ClN3/c1-17(8-9-6-7-9)13-11-5-3-2-4-10(11)12(14)15-16-13/h2-5,9H,6-8H2,1H3. The summed E-state index contributed by atoms with van der Waals surface area (Å²) >= 11 is 6.06. The van der Waals surface area contributed by atoms with E-state index in [0.29, 0.717) is 5.15 Å². The number of nitrogens with zero attached hydrogens (tertiary/aromatic N) is 3. The van der Waals surface area contributed by atoms with Crippen LogP contribution < -0.4 is 4.90 Å². The average molecular weight is 248 g/mol. The Bertz CT molecular complexity index is 551. The summed E-state index contributed by atoms with van der Waals surface area (Å²) in [6, 6.07) is 8.02. The summed E-state index contributed by atoms with van der Waals surface area (Å²) in [7, 11) is 2.07. The van der Waals surface area contributed by atoms with Crippen molar-refractivity contribution in [3.05, 3.63) is 29.4 Å². The van der Waals surface area contributed by atoms with Crippen LogP contribution in [0.25, 0.3) is 10.8 Å². The van der Waals surface area contributed by atoms with Crippen molar-refractivity contribution in [1.82, 2.24) is 10.2 Å². The molecule has 0 unspecified atom stereocenters. The van der Waals surface area contributed by atoms with Crippen molar-refractivity contribution in [3.8, 4) is 0 Å². The molecule has 88 valence electrons. The van der Waals surface area contributed by atoms with Crippen molar-refractivity contribution in [2.75, 3.05) is 18.5 Å². The van der Waals surface area contributed by atoms with Crippen LogP contribution in [-0.2, 0) is 0 Å². The van der Waals surface area contributed by atoms with Crippen LogP contribution in [0.3, 0.4) is 0 Å². The minimum Gasteiger partial charge on any atom is -0.357 e. The van der Waals surface area contributed by atoms with Crippen LogP contribution in [0.5, 0.6) is 0 Å². The van der Waals surface area contributed by atoms with E-state index in [-0.39, 0.29) is 0 Å². The number of anilines is 1. The molecule has 1 saturated carbocycles. The van der Waals surface area contributed by atoms with E-state index in [4.69, 9.17) is 11.6 Å². The summed E-state index contributed by atoms with van der Waals surface area (Å²) in [5.41, 5.74) is 0. The van der Waals surface area contributed by atoms with Crippen molar-refractivity contribution < 1.29 is 0 Å². The first-order valence-corrected chi connectivity index (χ1v) is 6.25. The van der Waals surface area contributed by atoms with Gasteiger partial charge in [0.25, 0.3) is 0 Å². The van der Waals surface area contributed by atoms with Gasteiger partial charge in [-0.05, 0) is 18.8 Å². The van der Waals surface area contributed by atoms with E-state index in [9.17, 15) is 0 Å². The van der Waals surface area contributed by atoms with Gasteiger partial charge in [-0.25, -0.2) is 0 Å². The summed E-state index contributed by atoms with van der Waals surface area (Å²) in [5.74, 6) is 1.76. The molecule has 0 atom stereocenters. The molecule has 0 N–H and O–H groups in total. The van der Waals surface area contributed by atoms with E-state index in [1.54, 1.807) is 0 Å². The lowest BCUT2D eigenvalue weighted by atomic mass is 10.2. The summed E-state index contributed by atoms with van der Waals surface area (Å²) in [6.45, 7) is 1.06. The van der Waals surface area contributed by atoms with Crippen molar-refractivity contribution in [2.45, 2.75) is 12.8 Å². The fraction of sp³-hybridized carbons (Fsp3) is 0.385. The van der Waals surface area contributed by atoms with Gasteiger partial charge in [-0.3, -0.25) is 0 Å². The van der Waals surface area contributed by atoms with Gasteiger partial charge in [0.2, 0.25) is 0 Å². The molecule has 1 aliphatic rings. The second kappa shape index (κ2) is 4.15. The van der Waals surface area contributed by atoms with Gasteiger partial charge < -0.3 is 4.90 Å². The zero-order valence-electron chi connectivity index (χ0n) is 9.73.